The van der Waals surface area contributed by atoms with Crippen LogP contribution in [0.15, 0.2) is 17.0 Å². The number of alkyl halides is 3. The Balaban J connectivity index is 2.27. The summed E-state index contributed by atoms with van der Waals surface area (Å²) in [4.78, 5) is 12.0. The lowest BCUT2D eigenvalue weighted by atomic mass is 10.1. The van der Waals surface area contributed by atoms with Crippen LogP contribution in [0.1, 0.15) is 30.4 Å². The molecule has 1 aliphatic heterocycles. The van der Waals surface area contributed by atoms with Crippen molar-refractivity contribution < 1.29 is 26.4 Å². The molecule has 0 bridgehead atoms. The number of benzene rings is 1. The molecular weight excluding hydrogens is 407 g/mol. The standard InChI is InChI=1S/C16H17ClF3N3O3S/c1-22(7-3-9-23-8-2-4-14(23)24)27(25,26)15-11(10-21)12(16(17,19)20)5-6-13(15)18/h5-6H,2-4,7-9H2,1H3. The topological polar surface area (TPSA) is 81.5 Å². The molecule has 0 aromatic heterocycles. The van der Waals surface area contributed by atoms with E-state index < -0.39 is 37.2 Å². The first-order chi connectivity index (χ1) is 12.5. The van der Waals surface area contributed by atoms with Gasteiger partial charge in [0.15, 0.2) is 0 Å². The number of likely N-dealkylation sites (tertiary alicyclic amines) is 1. The van der Waals surface area contributed by atoms with Gasteiger partial charge in [0, 0.05) is 33.1 Å². The van der Waals surface area contributed by atoms with E-state index in [9.17, 15) is 26.4 Å². The summed E-state index contributed by atoms with van der Waals surface area (Å²) in [7, 11) is -3.42. The smallest absolute Gasteiger partial charge is 0.343 e. The summed E-state index contributed by atoms with van der Waals surface area (Å²) in [6.07, 6.45) is 1.46. The fraction of sp³-hybridized carbons (Fsp3) is 0.500. The number of nitriles is 1. The van der Waals surface area contributed by atoms with Gasteiger partial charge in [-0.3, -0.25) is 4.79 Å². The highest BCUT2D eigenvalue weighted by molar-refractivity contribution is 7.89. The number of hydrogen-bond donors (Lipinski definition) is 0. The number of sulfonamides is 1. The molecule has 0 N–H and O–H groups in total. The van der Waals surface area contributed by atoms with Crippen molar-refractivity contribution in [2.24, 2.45) is 0 Å². The van der Waals surface area contributed by atoms with Crippen molar-refractivity contribution in [3.63, 3.8) is 0 Å². The molecule has 2 rings (SSSR count). The summed E-state index contributed by atoms with van der Waals surface area (Å²) in [6.45, 7) is 0.833. The third-order valence-corrected chi connectivity index (χ3v) is 6.39. The third-order valence-electron chi connectivity index (χ3n) is 4.27. The first-order valence-corrected chi connectivity index (χ1v) is 9.86. The van der Waals surface area contributed by atoms with Gasteiger partial charge < -0.3 is 4.90 Å². The number of hydrogen-bond acceptors (Lipinski definition) is 4. The highest BCUT2D eigenvalue weighted by Gasteiger charge is 2.37. The number of nitrogens with zero attached hydrogens (tertiary/aromatic N) is 3. The SMILES string of the molecule is CN(CCCN1CCCC1=O)S(=O)(=O)c1c(F)ccc(C(F)(F)Cl)c1C#N. The zero-order valence-electron chi connectivity index (χ0n) is 14.4. The van der Waals surface area contributed by atoms with Crippen LogP contribution in [0, 0.1) is 17.1 Å². The van der Waals surface area contributed by atoms with Crippen molar-refractivity contribution in [2.45, 2.75) is 29.5 Å². The molecule has 0 radical (unpaired) electrons. The van der Waals surface area contributed by atoms with Gasteiger partial charge in [-0.15, -0.1) is 0 Å². The van der Waals surface area contributed by atoms with Gasteiger partial charge in [-0.25, -0.2) is 17.1 Å². The normalized spacial score (nSPS) is 15.4. The van der Waals surface area contributed by atoms with Crippen LogP contribution in [-0.4, -0.2) is 50.2 Å². The van der Waals surface area contributed by atoms with E-state index in [1.807, 2.05) is 0 Å². The Labute approximate surface area is 160 Å². The van der Waals surface area contributed by atoms with E-state index in [-0.39, 0.29) is 18.9 Å². The molecule has 0 unspecified atom stereocenters. The Morgan fingerprint density at radius 1 is 1.41 bits per heavy atom. The van der Waals surface area contributed by atoms with Gasteiger partial charge in [0.1, 0.15) is 16.8 Å². The molecule has 27 heavy (non-hydrogen) atoms. The van der Waals surface area contributed by atoms with Gasteiger partial charge >= 0.3 is 5.38 Å². The van der Waals surface area contributed by atoms with Crippen LogP contribution in [0.5, 0.6) is 0 Å². The molecule has 0 aliphatic carbocycles. The molecule has 1 amide bonds. The van der Waals surface area contributed by atoms with Crippen molar-refractivity contribution in [3.05, 3.63) is 29.1 Å². The average Bonchev–Trinajstić information content (AvgIpc) is 2.98. The van der Waals surface area contributed by atoms with E-state index >= 15 is 0 Å². The maximum Gasteiger partial charge on any atom is 0.349 e. The zero-order chi connectivity index (χ0) is 20.4. The predicted molar refractivity (Wildman–Crippen MR) is 91.1 cm³/mol. The van der Waals surface area contributed by atoms with Crippen molar-refractivity contribution in [1.29, 1.82) is 5.26 Å². The minimum atomic E-state index is -4.56. The Morgan fingerprint density at radius 2 is 2.07 bits per heavy atom. The summed E-state index contributed by atoms with van der Waals surface area (Å²) in [6, 6.07) is 2.44. The van der Waals surface area contributed by atoms with Crippen LogP contribution in [0.25, 0.3) is 0 Å². The minimum Gasteiger partial charge on any atom is -0.343 e. The van der Waals surface area contributed by atoms with Crippen molar-refractivity contribution in [1.82, 2.24) is 9.21 Å². The second-order valence-electron chi connectivity index (χ2n) is 6.07. The molecule has 1 aromatic rings. The second-order valence-corrected chi connectivity index (χ2v) is 8.53. The summed E-state index contributed by atoms with van der Waals surface area (Å²) < 4.78 is 67.2. The van der Waals surface area contributed by atoms with E-state index in [1.165, 1.54) is 6.07 Å². The number of carbonyl (C=O) groups is 1. The monoisotopic (exact) mass is 423 g/mol. The highest BCUT2D eigenvalue weighted by Crippen LogP contribution is 2.38. The maximum atomic E-state index is 14.2. The first-order valence-electron chi connectivity index (χ1n) is 8.04. The molecule has 148 valence electrons. The van der Waals surface area contributed by atoms with Gasteiger partial charge in [-0.2, -0.15) is 14.0 Å². The lowest BCUT2D eigenvalue weighted by Gasteiger charge is -2.22. The molecule has 1 fully saturated rings. The molecule has 1 saturated heterocycles. The Kier molecular flexibility index (Phi) is 6.39. The average molecular weight is 424 g/mol. The molecule has 1 aromatic carbocycles. The zero-order valence-corrected chi connectivity index (χ0v) is 16.0. The Morgan fingerprint density at radius 3 is 2.59 bits per heavy atom. The third kappa shape index (κ3) is 4.54. The Bertz CT molecular complexity index is 881. The summed E-state index contributed by atoms with van der Waals surface area (Å²) in [5.41, 5.74) is -2.11. The van der Waals surface area contributed by atoms with Gasteiger partial charge in [0.05, 0.1) is 11.1 Å². The number of amides is 1. The lowest BCUT2D eigenvalue weighted by molar-refractivity contribution is -0.127. The van der Waals surface area contributed by atoms with Gasteiger partial charge in [0.25, 0.3) is 0 Å². The fourth-order valence-electron chi connectivity index (χ4n) is 2.86. The van der Waals surface area contributed by atoms with Crippen molar-refractivity contribution in [2.75, 3.05) is 26.7 Å². The summed E-state index contributed by atoms with van der Waals surface area (Å²) >= 11 is 4.91. The Hall–Kier alpha value is -1.83. The molecule has 11 heteroatoms. The van der Waals surface area contributed by atoms with Crippen LogP contribution >= 0.6 is 11.6 Å². The summed E-state index contributed by atoms with van der Waals surface area (Å²) in [5, 5.41) is 5.12. The molecule has 1 heterocycles. The maximum absolute atomic E-state index is 14.2. The number of rotatable bonds is 7. The van der Waals surface area contributed by atoms with Gasteiger partial charge in [0.2, 0.25) is 15.9 Å². The van der Waals surface area contributed by atoms with Crippen LogP contribution in [-0.2, 0) is 20.2 Å². The van der Waals surface area contributed by atoms with E-state index in [0.29, 0.717) is 31.6 Å². The molecular formula is C16H17ClF3N3O3S. The molecule has 6 nitrogen and oxygen atoms in total. The van der Waals surface area contributed by atoms with Crippen molar-refractivity contribution >= 4 is 27.5 Å². The molecule has 1 aliphatic rings. The largest absolute Gasteiger partial charge is 0.349 e. The van der Waals surface area contributed by atoms with Gasteiger partial charge in [-0.1, -0.05) is 0 Å². The number of halogens is 4. The van der Waals surface area contributed by atoms with Gasteiger partial charge in [-0.05, 0) is 36.6 Å². The first kappa shape index (κ1) is 21.5. The quantitative estimate of drug-likeness (QED) is 0.631. The van der Waals surface area contributed by atoms with Crippen molar-refractivity contribution in [3.8, 4) is 6.07 Å². The van der Waals surface area contributed by atoms with E-state index in [1.54, 1.807) is 4.90 Å². The molecule has 0 saturated carbocycles. The van der Waals surface area contributed by atoms with E-state index in [4.69, 9.17) is 16.9 Å². The van der Waals surface area contributed by atoms with Crippen LogP contribution in [0.3, 0.4) is 0 Å². The predicted octanol–water partition coefficient (Wildman–Crippen LogP) is 2.62. The minimum absolute atomic E-state index is 0.0182. The second kappa shape index (κ2) is 8.04. The van der Waals surface area contributed by atoms with Crippen LogP contribution in [0.2, 0.25) is 0 Å². The fourth-order valence-corrected chi connectivity index (χ4v) is 4.42. The lowest BCUT2D eigenvalue weighted by Crippen LogP contribution is -2.33. The van der Waals surface area contributed by atoms with Crippen LogP contribution in [0.4, 0.5) is 13.2 Å². The molecule has 0 spiro atoms. The summed E-state index contributed by atoms with van der Waals surface area (Å²) in [5.74, 6) is -1.34. The number of carbonyl (C=O) groups excluding carboxylic acids is 1. The van der Waals surface area contributed by atoms with E-state index in [0.717, 1.165) is 17.8 Å². The van der Waals surface area contributed by atoms with E-state index in [2.05, 4.69) is 0 Å². The molecule has 0 atom stereocenters. The highest BCUT2D eigenvalue weighted by atomic mass is 35.5. The van der Waals surface area contributed by atoms with Crippen LogP contribution < -0.4 is 0 Å².